The largest absolute Gasteiger partial charge is 0.493 e. The Balaban J connectivity index is 1.97. The van der Waals surface area contributed by atoms with E-state index < -0.39 is 0 Å². The van der Waals surface area contributed by atoms with Gasteiger partial charge in [-0.1, -0.05) is 0 Å². The van der Waals surface area contributed by atoms with Gasteiger partial charge in [-0.3, -0.25) is 9.79 Å². The summed E-state index contributed by atoms with van der Waals surface area (Å²) in [5, 5.41) is 6.11. The monoisotopic (exact) mass is 392 g/mol. The molecular formula is C20H32N4O4. The number of guanidine groups is 1. The zero-order valence-corrected chi connectivity index (χ0v) is 17.5. The van der Waals surface area contributed by atoms with Gasteiger partial charge in [0, 0.05) is 40.2 Å². The zero-order valence-electron chi connectivity index (χ0n) is 17.5. The third-order valence-electron chi connectivity index (χ3n) is 5.05. The van der Waals surface area contributed by atoms with Crippen LogP contribution in [0.2, 0.25) is 0 Å². The Labute approximate surface area is 167 Å². The van der Waals surface area contributed by atoms with Crippen molar-refractivity contribution in [1.29, 1.82) is 0 Å². The van der Waals surface area contributed by atoms with Crippen LogP contribution in [-0.4, -0.2) is 65.3 Å². The molecule has 2 rings (SSSR count). The third kappa shape index (κ3) is 5.43. The van der Waals surface area contributed by atoms with E-state index in [0.29, 0.717) is 36.1 Å². The summed E-state index contributed by atoms with van der Waals surface area (Å²) in [6, 6.07) is 3.86. The van der Waals surface area contributed by atoms with E-state index in [1.807, 2.05) is 12.1 Å². The van der Waals surface area contributed by atoms with E-state index in [-0.39, 0.29) is 5.91 Å². The van der Waals surface area contributed by atoms with Gasteiger partial charge in [0.25, 0.3) is 0 Å². The van der Waals surface area contributed by atoms with Crippen molar-refractivity contribution in [2.75, 3.05) is 48.5 Å². The van der Waals surface area contributed by atoms with Crippen LogP contribution in [0, 0.1) is 5.92 Å². The minimum absolute atomic E-state index is 0.114. The van der Waals surface area contributed by atoms with Gasteiger partial charge in [-0.2, -0.15) is 0 Å². The Hall–Kier alpha value is -2.64. The van der Waals surface area contributed by atoms with Crippen LogP contribution >= 0.6 is 0 Å². The van der Waals surface area contributed by atoms with Crippen LogP contribution in [0.1, 0.15) is 24.8 Å². The second-order valence-electron chi connectivity index (χ2n) is 6.74. The van der Waals surface area contributed by atoms with Crippen LogP contribution in [0.15, 0.2) is 17.1 Å². The maximum atomic E-state index is 11.6. The molecular weight excluding hydrogens is 360 g/mol. The quantitative estimate of drug-likeness (QED) is 0.542. The number of aliphatic imine (C=N–C) groups is 1. The van der Waals surface area contributed by atoms with Gasteiger partial charge in [-0.15, -0.1) is 0 Å². The van der Waals surface area contributed by atoms with E-state index in [1.54, 1.807) is 35.4 Å². The molecule has 2 N–H and O–H groups in total. The number of piperidine rings is 1. The smallest absolute Gasteiger partial charge is 0.220 e. The molecule has 0 aliphatic carbocycles. The highest BCUT2D eigenvalue weighted by molar-refractivity contribution is 5.80. The summed E-state index contributed by atoms with van der Waals surface area (Å²) >= 11 is 0. The zero-order chi connectivity index (χ0) is 20.5. The Kier molecular flexibility index (Phi) is 8.22. The van der Waals surface area contributed by atoms with Crippen molar-refractivity contribution >= 4 is 11.9 Å². The van der Waals surface area contributed by atoms with Crippen molar-refractivity contribution < 1.29 is 19.0 Å². The van der Waals surface area contributed by atoms with Crippen molar-refractivity contribution in [3.8, 4) is 17.2 Å². The fourth-order valence-corrected chi connectivity index (χ4v) is 3.46. The summed E-state index contributed by atoms with van der Waals surface area (Å²) in [7, 11) is 8.28. The topological polar surface area (TPSA) is 84.4 Å². The van der Waals surface area contributed by atoms with Crippen LogP contribution in [0.25, 0.3) is 0 Å². The Morgan fingerprint density at radius 2 is 1.75 bits per heavy atom. The average molecular weight is 393 g/mol. The molecule has 0 aromatic heterocycles. The highest BCUT2D eigenvalue weighted by Gasteiger charge is 2.23. The lowest BCUT2D eigenvalue weighted by atomic mass is 9.93. The third-order valence-corrected chi connectivity index (χ3v) is 5.05. The Morgan fingerprint density at radius 3 is 2.21 bits per heavy atom. The fraction of sp³-hybridized carbons (Fsp3) is 0.600. The van der Waals surface area contributed by atoms with Crippen LogP contribution in [0.5, 0.6) is 17.2 Å². The lowest BCUT2D eigenvalue weighted by Crippen LogP contribution is -2.45. The highest BCUT2D eigenvalue weighted by Crippen LogP contribution is 2.38. The maximum Gasteiger partial charge on any atom is 0.220 e. The number of nitrogens with zero attached hydrogens (tertiary/aromatic N) is 2. The SMILES string of the molecule is CN=C(NCc1cc(OC)c(OC)c(OC)c1)N1CCC(CC(=O)NC)CC1. The van der Waals surface area contributed by atoms with E-state index in [2.05, 4.69) is 20.5 Å². The van der Waals surface area contributed by atoms with Crippen molar-refractivity contribution in [1.82, 2.24) is 15.5 Å². The number of ether oxygens (including phenoxy) is 3. The van der Waals surface area contributed by atoms with Crippen LogP contribution in [0.4, 0.5) is 0 Å². The van der Waals surface area contributed by atoms with Crippen LogP contribution in [0.3, 0.4) is 0 Å². The molecule has 1 aliphatic rings. The summed E-state index contributed by atoms with van der Waals surface area (Å²) < 4.78 is 16.2. The molecule has 0 spiro atoms. The molecule has 0 saturated carbocycles. The standard InChI is InChI=1S/C20H32N4O4/c1-21-18(25)12-14-6-8-24(9-7-14)20(22-2)23-13-15-10-16(26-3)19(28-5)17(11-15)27-4/h10-11,14H,6-9,12-13H2,1-5H3,(H,21,25)(H,22,23). The molecule has 1 fully saturated rings. The second kappa shape index (κ2) is 10.6. The molecule has 0 unspecified atom stereocenters. The van der Waals surface area contributed by atoms with E-state index in [1.165, 1.54) is 0 Å². The average Bonchev–Trinajstić information content (AvgIpc) is 2.74. The summed E-state index contributed by atoms with van der Waals surface area (Å²) in [4.78, 5) is 18.2. The van der Waals surface area contributed by atoms with Gasteiger partial charge >= 0.3 is 0 Å². The molecule has 1 saturated heterocycles. The number of methoxy groups -OCH3 is 3. The molecule has 1 aromatic carbocycles. The lowest BCUT2D eigenvalue weighted by Gasteiger charge is -2.34. The predicted octanol–water partition coefficient (Wildman–Crippen LogP) is 1.64. The van der Waals surface area contributed by atoms with Gasteiger partial charge in [0.2, 0.25) is 11.7 Å². The number of amides is 1. The van der Waals surface area contributed by atoms with E-state index in [0.717, 1.165) is 37.5 Å². The van der Waals surface area contributed by atoms with Gasteiger partial charge in [0.15, 0.2) is 17.5 Å². The molecule has 0 radical (unpaired) electrons. The van der Waals surface area contributed by atoms with Gasteiger partial charge in [-0.25, -0.2) is 0 Å². The van der Waals surface area contributed by atoms with E-state index in [9.17, 15) is 4.79 Å². The van der Waals surface area contributed by atoms with Gasteiger partial charge in [-0.05, 0) is 36.5 Å². The number of nitrogens with one attached hydrogen (secondary N) is 2. The first-order valence-electron chi connectivity index (χ1n) is 9.51. The minimum Gasteiger partial charge on any atom is -0.493 e. The number of likely N-dealkylation sites (tertiary alicyclic amines) is 1. The van der Waals surface area contributed by atoms with Gasteiger partial charge < -0.3 is 29.7 Å². The Bertz CT molecular complexity index is 660. The molecule has 156 valence electrons. The number of hydrogen-bond donors (Lipinski definition) is 2. The number of hydrogen-bond acceptors (Lipinski definition) is 5. The highest BCUT2D eigenvalue weighted by atomic mass is 16.5. The normalized spacial score (nSPS) is 15.2. The number of carbonyl (C=O) groups is 1. The maximum absolute atomic E-state index is 11.6. The van der Waals surface area contributed by atoms with Crippen molar-refractivity contribution in [2.24, 2.45) is 10.9 Å². The predicted molar refractivity (Wildman–Crippen MR) is 109 cm³/mol. The first-order valence-corrected chi connectivity index (χ1v) is 9.51. The van der Waals surface area contributed by atoms with Crippen molar-refractivity contribution in [3.63, 3.8) is 0 Å². The first-order chi connectivity index (χ1) is 13.6. The molecule has 8 nitrogen and oxygen atoms in total. The molecule has 0 atom stereocenters. The summed E-state index contributed by atoms with van der Waals surface area (Å²) in [6.45, 7) is 2.36. The summed E-state index contributed by atoms with van der Waals surface area (Å²) in [6.07, 6.45) is 2.57. The van der Waals surface area contributed by atoms with Crippen LogP contribution < -0.4 is 24.8 Å². The van der Waals surface area contributed by atoms with E-state index >= 15 is 0 Å². The molecule has 28 heavy (non-hydrogen) atoms. The number of rotatable bonds is 7. The number of carbonyl (C=O) groups excluding carboxylic acids is 1. The first kappa shape index (κ1) is 21.7. The molecule has 8 heteroatoms. The Morgan fingerprint density at radius 1 is 1.14 bits per heavy atom. The molecule has 0 bridgehead atoms. The molecule has 1 heterocycles. The number of benzene rings is 1. The minimum atomic E-state index is 0.114. The summed E-state index contributed by atoms with van der Waals surface area (Å²) in [5.41, 5.74) is 1.00. The molecule has 1 amide bonds. The van der Waals surface area contributed by atoms with Crippen molar-refractivity contribution in [3.05, 3.63) is 17.7 Å². The van der Waals surface area contributed by atoms with Crippen molar-refractivity contribution in [2.45, 2.75) is 25.8 Å². The van der Waals surface area contributed by atoms with Crippen LogP contribution in [-0.2, 0) is 11.3 Å². The second-order valence-corrected chi connectivity index (χ2v) is 6.74. The van der Waals surface area contributed by atoms with Gasteiger partial charge in [0.1, 0.15) is 0 Å². The lowest BCUT2D eigenvalue weighted by molar-refractivity contribution is -0.121. The molecule has 1 aromatic rings. The molecule has 1 aliphatic heterocycles. The van der Waals surface area contributed by atoms with E-state index in [4.69, 9.17) is 14.2 Å². The van der Waals surface area contributed by atoms with Gasteiger partial charge in [0.05, 0.1) is 21.3 Å². The fourth-order valence-electron chi connectivity index (χ4n) is 3.46. The summed E-state index contributed by atoms with van der Waals surface area (Å²) in [5.74, 6) is 3.24.